The van der Waals surface area contributed by atoms with Gasteiger partial charge in [-0.1, -0.05) is 27.7 Å². The number of nitrogens with one attached hydrogen (secondary N) is 2. The van der Waals surface area contributed by atoms with Crippen LogP contribution in [0, 0.1) is 17.8 Å². The van der Waals surface area contributed by atoms with Crippen LogP contribution in [-0.2, 0) is 33.2 Å². The number of rotatable bonds is 12. The van der Waals surface area contributed by atoms with Gasteiger partial charge in [-0.05, 0) is 117 Å². The number of esters is 1. The molecule has 0 saturated carbocycles. The van der Waals surface area contributed by atoms with Gasteiger partial charge in [-0.15, -0.1) is 0 Å². The van der Waals surface area contributed by atoms with Gasteiger partial charge in [0.1, 0.15) is 40.9 Å². The average molecular weight is 941 g/mol. The van der Waals surface area contributed by atoms with E-state index in [1.807, 2.05) is 13.8 Å². The number of hydrogen-bond donors (Lipinski definition) is 8. The van der Waals surface area contributed by atoms with E-state index in [2.05, 4.69) is 10.6 Å². The Morgan fingerprint density at radius 1 is 0.955 bits per heavy atom. The molecular formula is C48H84N4O14. The summed E-state index contributed by atoms with van der Waals surface area (Å²) in [6.07, 6.45) is -8.65. The minimum atomic E-state index is -1.87. The molecule has 380 valence electrons. The van der Waals surface area contributed by atoms with Gasteiger partial charge in [-0.25, -0.2) is 4.79 Å². The fraction of sp³-hybridized carbons (Fsp3) is 0.833. The van der Waals surface area contributed by atoms with E-state index in [1.54, 1.807) is 81.6 Å². The molecule has 3 aliphatic rings. The second-order valence-corrected chi connectivity index (χ2v) is 20.2. The molecule has 18 nitrogen and oxygen atoms in total. The first-order valence-electron chi connectivity index (χ1n) is 23.8. The number of aromatic hydroxyl groups is 1. The van der Waals surface area contributed by atoms with Crippen molar-refractivity contribution in [2.24, 2.45) is 17.8 Å². The fourth-order valence-corrected chi connectivity index (χ4v) is 10.2. The summed E-state index contributed by atoms with van der Waals surface area (Å²) in [6, 6.07) is 4.26. The number of anilines is 1. The van der Waals surface area contributed by atoms with Crippen LogP contribution in [0.1, 0.15) is 108 Å². The van der Waals surface area contributed by atoms with E-state index in [-0.39, 0.29) is 43.9 Å². The van der Waals surface area contributed by atoms with Crippen molar-refractivity contribution in [3.63, 3.8) is 0 Å². The summed E-state index contributed by atoms with van der Waals surface area (Å²) >= 11 is 0. The van der Waals surface area contributed by atoms with E-state index in [4.69, 9.17) is 28.4 Å². The van der Waals surface area contributed by atoms with Gasteiger partial charge in [-0.2, -0.15) is 0 Å². The predicted molar refractivity (Wildman–Crippen MR) is 248 cm³/mol. The number of cyclic esters (lactones) is 1. The van der Waals surface area contributed by atoms with Crippen molar-refractivity contribution in [1.82, 2.24) is 15.5 Å². The van der Waals surface area contributed by atoms with Crippen LogP contribution in [0.4, 0.5) is 10.5 Å². The fourth-order valence-electron chi connectivity index (χ4n) is 10.2. The molecular weight excluding hydrogens is 857 g/mol. The second-order valence-electron chi connectivity index (χ2n) is 20.2. The molecule has 3 aliphatic heterocycles. The Bertz CT molecular complexity index is 1710. The van der Waals surface area contributed by atoms with Crippen molar-refractivity contribution in [3.05, 3.63) is 24.3 Å². The molecule has 0 aromatic heterocycles. The van der Waals surface area contributed by atoms with E-state index in [0.717, 1.165) is 6.42 Å². The Hall–Kier alpha value is -2.72. The molecule has 3 fully saturated rings. The SMILES string of the molecule is CCCNC[C@]1(O)[C@H](C)O[C@@H](O[C@H]2[C@H](C)[C@@H](O[C@@H]3O[C@H](C)C[C@H](N(C)C(=O)N(C)c4ccc(O)cc4)[C@H]3O)C(C)(O)C[C@@H](C)CN[C@H](C)[C@@H](O)[C@](C)(O)[C@@H](CC)OC(=O)[C@@H]2C)C[C@@]1(C)OC. The van der Waals surface area contributed by atoms with Crippen molar-refractivity contribution in [2.45, 2.75) is 198 Å². The van der Waals surface area contributed by atoms with Crippen LogP contribution < -0.4 is 15.5 Å². The summed E-state index contributed by atoms with van der Waals surface area (Å²) in [4.78, 5) is 31.2. The number of carbonyl (C=O) groups is 2. The smallest absolute Gasteiger partial charge is 0.324 e. The number of amides is 2. The summed E-state index contributed by atoms with van der Waals surface area (Å²) in [5, 5.41) is 76.7. The monoisotopic (exact) mass is 941 g/mol. The third-order valence-electron chi connectivity index (χ3n) is 14.7. The van der Waals surface area contributed by atoms with E-state index in [1.165, 1.54) is 36.0 Å². The van der Waals surface area contributed by atoms with Gasteiger partial charge in [0.2, 0.25) is 0 Å². The molecule has 3 heterocycles. The van der Waals surface area contributed by atoms with Gasteiger partial charge >= 0.3 is 12.0 Å². The molecule has 66 heavy (non-hydrogen) atoms. The third kappa shape index (κ3) is 12.3. The first-order chi connectivity index (χ1) is 30.7. The van der Waals surface area contributed by atoms with Crippen LogP contribution in [0.2, 0.25) is 0 Å². The van der Waals surface area contributed by atoms with E-state index in [9.17, 15) is 40.2 Å². The number of carbonyl (C=O) groups excluding carboxylic acids is 2. The highest BCUT2D eigenvalue weighted by molar-refractivity contribution is 5.91. The van der Waals surface area contributed by atoms with Gasteiger partial charge in [0.15, 0.2) is 12.6 Å². The number of benzene rings is 1. The molecule has 0 aliphatic carbocycles. The third-order valence-corrected chi connectivity index (χ3v) is 14.7. The minimum absolute atomic E-state index is 0.0345. The number of aliphatic hydroxyl groups is 5. The Balaban J connectivity index is 1.79. The molecule has 1 aromatic carbocycles. The van der Waals surface area contributed by atoms with Crippen molar-refractivity contribution >= 4 is 17.7 Å². The number of aliphatic hydroxyl groups excluding tert-OH is 2. The van der Waals surface area contributed by atoms with Gasteiger partial charge < -0.3 is 74.6 Å². The standard InChI is InChI=1S/C48H84N4O14/c1-15-21-49-26-48(60)32(8)63-37(24-46(48,10)61-14)65-39-29(5)41(45(9,58)23-27(3)25-50-31(7)40(55)47(11,59)36(16-2)64-42(56)30(39)6)66-43-38(54)35(22-28(4)62-43)52(13)44(57)51(12)33-17-19-34(53)20-18-33/h17-20,27-32,35-41,43,49-50,53-55,58-60H,15-16,21-26H2,1-14H3/t27-,28-,29+,30-,31-,32+,35+,36-,37+,38-,39+,40-,41-,43+,45?,46-,47-,48+/m1/s1. The van der Waals surface area contributed by atoms with Crippen LogP contribution >= 0.6 is 0 Å². The van der Waals surface area contributed by atoms with Crippen LogP contribution in [0.15, 0.2) is 24.3 Å². The molecule has 1 unspecified atom stereocenters. The van der Waals surface area contributed by atoms with Gasteiger partial charge in [0.25, 0.3) is 0 Å². The van der Waals surface area contributed by atoms with Crippen molar-refractivity contribution in [1.29, 1.82) is 0 Å². The molecule has 18 heteroatoms. The van der Waals surface area contributed by atoms with E-state index >= 15 is 0 Å². The zero-order chi connectivity index (χ0) is 49.7. The van der Waals surface area contributed by atoms with E-state index < -0.39 is 114 Å². The molecule has 4 rings (SSSR count). The van der Waals surface area contributed by atoms with Crippen LogP contribution in [0.3, 0.4) is 0 Å². The zero-order valence-electron chi connectivity index (χ0n) is 41.9. The van der Waals surface area contributed by atoms with E-state index in [0.29, 0.717) is 18.8 Å². The quantitative estimate of drug-likeness (QED) is 0.111. The van der Waals surface area contributed by atoms with Gasteiger partial charge in [0, 0.05) is 51.8 Å². The average Bonchev–Trinajstić information content (AvgIpc) is 3.26. The number of urea groups is 1. The Morgan fingerprint density at radius 2 is 1.59 bits per heavy atom. The summed E-state index contributed by atoms with van der Waals surface area (Å²) in [6.45, 7) is 20.3. The molecule has 8 N–H and O–H groups in total. The van der Waals surface area contributed by atoms with Crippen molar-refractivity contribution in [3.8, 4) is 5.75 Å². The lowest BCUT2D eigenvalue weighted by atomic mass is 9.75. The number of methoxy groups -OCH3 is 1. The summed E-state index contributed by atoms with van der Waals surface area (Å²) in [5.74, 6) is -2.98. The highest BCUT2D eigenvalue weighted by Gasteiger charge is 2.58. The minimum Gasteiger partial charge on any atom is -0.508 e. The molecule has 0 bridgehead atoms. The lowest BCUT2D eigenvalue weighted by Gasteiger charge is -2.53. The van der Waals surface area contributed by atoms with Crippen LogP contribution in [0.25, 0.3) is 0 Å². The maximum absolute atomic E-state index is 14.5. The number of nitrogens with zero attached hydrogens (tertiary/aromatic N) is 2. The zero-order valence-corrected chi connectivity index (χ0v) is 41.9. The van der Waals surface area contributed by atoms with Crippen molar-refractivity contribution < 1.29 is 68.6 Å². The number of hydrogen-bond acceptors (Lipinski definition) is 16. The molecule has 3 saturated heterocycles. The van der Waals surface area contributed by atoms with Crippen LogP contribution in [0.5, 0.6) is 5.75 Å². The number of ether oxygens (including phenoxy) is 6. The maximum Gasteiger partial charge on any atom is 0.324 e. The summed E-state index contributed by atoms with van der Waals surface area (Å²) in [5.41, 5.74) is -5.74. The van der Waals surface area contributed by atoms with Gasteiger partial charge in [-0.3, -0.25) is 9.69 Å². The van der Waals surface area contributed by atoms with Crippen LogP contribution in [-0.4, -0.2) is 178 Å². The number of likely N-dealkylation sites (N-methyl/N-ethyl adjacent to an activating group) is 1. The highest BCUT2D eigenvalue weighted by Crippen LogP contribution is 2.43. The molecule has 0 spiro atoms. The lowest BCUT2D eigenvalue weighted by Crippen LogP contribution is -2.70. The Morgan fingerprint density at radius 3 is 2.18 bits per heavy atom. The maximum atomic E-state index is 14.5. The summed E-state index contributed by atoms with van der Waals surface area (Å²) < 4.78 is 38.6. The highest BCUT2D eigenvalue weighted by atomic mass is 16.7. The molecule has 2 amide bonds. The van der Waals surface area contributed by atoms with Gasteiger partial charge in [0.05, 0.1) is 42.0 Å². The topological polar surface area (TPSA) is 241 Å². The number of phenols is 1. The normalized spacial score (nSPS) is 42.1. The Labute approximate surface area is 392 Å². The first kappa shape index (κ1) is 55.9. The molecule has 1 aromatic rings. The molecule has 0 radical (unpaired) electrons. The number of phenolic OH excluding ortho intramolecular Hbond substituents is 1. The predicted octanol–water partition coefficient (Wildman–Crippen LogP) is 3.26. The lowest BCUT2D eigenvalue weighted by molar-refractivity contribution is -0.336. The Kier molecular flexibility index (Phi) is 19.3. The van der Waals surface area contributed by atoms with Crippen molar-refractivity contribution in [2.75, 3.05) is 45.7 Å². The first-order valence-corrected chi connectivity index (χ1v) is 23.8. The summed E-state index contributed by atoms with van der Waals surface area (Å²) in [7, 11) is 4.68. The molecule has 18 atom stereocenters. The largest absolute Gasteiger partial charge is 0.508 e. The second kappa shape index (κ2) is 22.8.